The van der Waals surface area contributed by atoms with E-state index in [1.807, 2.05) is 32.0 Å². The van der Waals surface area contributed by atoms with Crippen LogP contribution in [0.3, 0.4) is 0 Å². The fourth-order valence-corrected chi connectivity index (χ4v) is 1.35. The van der Waals surface area contributed by atoms with Gasteiger partial charge in [0.05, 0.1) is 12.7 Å². The van der Waals surface area contributed by atoms with Gasteiger partial charge in [-0.05, 0) is 25.0 Å². The second-order valence-electron chi connectivity index (χ2n) is 3.26. The van der Waals surface area contributed by atoms with Gasteiger partial charge in [-0.1, -0.05) is 24.3 Å². The van der Waals surface area contributed by atoms with Crippen LogP contribution in [0.1, 0.15) is 25.0 Å². The predicted octanol–water partition coefficient (Wildman–Crippen LogP) is 3.35. The van der Waals surface area contributed by atoms with Gasteiger partial charge in [0.2, 0.25) is 0 Å². The minimum Gasteiger partial charge on any atom is -0.374 e. The van der Waals surface area contributed by atoms with Gasteiger partial charge in [-0.3, -0.25) is 0 Å². The Balaban J connectivity index is 2.64. The lowest BCUT2D eigenvalue weighted by Crippen LogP contribution is -2.03. The molecule has 0 atom stereocenters. The first-order chi connectivity index (χ1) is 6.24. The molecule has 0 aromatic heterocycles. The SMILES string of the molecule is CC(C)OCc1ccccc1CCl. The molecule has 0 saturated heterocycles. The summed E-state index contributed by atoms with van der Waals surface area (Å²) < 4.78 is 5.51. The Hall–Kier alpha value is -0.530. The lowest BCUT2D eigenvalue weighted by atomic mass is 10.1. The molecule has 0 aliphatic carbocycles. The van der Waals surface area contributed by atoms with E-state index in [1.165, 1.54) is 5.56 Å². The molecular formula is C11H15ClO. The maximum Gasteiger partial charge on any atom is 0.0723 e. The van der Waals surface area contributed by atoms with E-state index in [-0.39, 0.29) is 6.10 Å². The van der Waals surface area contributed by atoms with Crippen LogP contribution in [0.15, 0.2) is 24.3 Å². The van der Waals surface area contributed by atoms with E-state index < -0.39 is 0 Å². The standard InChI is InChI=1S/C11H15ClO/c1-9(2)13-8-11-6-4-3-5-10(11)7-12/h3-6,9H,7-8H2,1-2H3. The molecule has 72 valence electrons. The van der Waals surface area contributed by atoms with Crippen molar-refractivity contribution in [3.63, 3.8) is 0 Å². The first kappa shape index (κ1) is 10.6. The van der Waals surface area contributed by atoms with Crippen LogP contribution in [0.25, 0.3) is 0 Å². The summed E-state index contributed by atoms with van der Waals surface area (Å²) >= 11 is 5.79. The van der Waals surface area contributed by atoms with Crippen molar-refractivity contribution in [2.45, 2.75) is 32.4 Å². The van der Waals surface area contributed by atoms with Crippen LogP contribution in [-0.4, -0.2) is 6.10 Å². The van der Waals surface area contributed by atoms with Gasteiger partial charge in [-0.25, -0.2) is 0 Å². The summed E-state index contributed by atoms with van der Waals surface area (Å²) in [5, 5.41) is 0. The van der Waals surface area contributed by atoms with Crippen molar-refractivity contribution in [2.75, 3.05) is 0 Å². The molecule has 0 amide bonds. The summed E-state index contributed by atoms with van der Waals surface area (Å²) in [6.45, 7) is 4.72. The van der Waals surface area contributed by atoms with Crippen molar-refractivity contribution in [1.29, 1.82) is 0 Å². The quantitative estimate of drug-likeness (QED) is 0.675. The Labute approximate surface area is 84.7 Å². The first-order valence-electron chi connectivity index (χ1n) is 4.48. The Morgan fingerprint density at radius 3 is 2.38 bits per heavy atom. The van der Waals surface area contributed by atoms with Crippen LogP contribution >= 0.6 is 11.6 Å². The van der Waals surface area contributed by atoms with Crippen LogP contribution in [0.5, 0.6) is 0 Å². The Morgan fingerprint density at radius 2 is 1.85 bits per heavy atom. The average molecular weight is 199 g/mol. The zero-order valence-corrected chi connectivity index (χ0v) is 8.84. The molecule has 1 aromatic carbocycles. The molecule has 0 aliphatic rings. The number of halogens is 1. The summed E-state index contributed by atoms with van der Waals surface area (Å²) in [7, 11) is 0. The number of alkyl halides is 1. The van der Waals surface area contributed by atoms with E-state index >= 15 is 0 Å². The molecular weight excluding hydrogens is 184 g/mol. The molecule has 2 heteroatoms. The molecule has 0 bridgehead atoms. The Bertz CT molecular complexity index is 258. The Kier molecular flexibility index (Phi) is 4.26. The van der Waals surface area contributed by atoms with Crippen molar-refractivity contribution in [2.24, 2.45) is 0 Å². The summed E-state index contributed by atoms with van der Waals surface area (Å²) in [6, 6.07) is 8.10. The second kappa shape index (κ2) is 5.25. The zero-order chi connectivity index (χ0) is 9.68. The van der Waals surface area contributed by atoms with Gasteiger partial charge < -0.3 is 4.74 Å². The van der Waals surface area contributed by atoms with E-state index in [0.717, 1.165) is 5.56 Å². The lowest BCUT2D eigenvalue weighted by molar-refractivity contribution is 0.0654. The third kappa shape index (κ3) is 3.37. The molecule has 0 aliphatic heterocycles. The van der Waals surface area contributed by atoms with Crippen LogP contribution < -0.4 is 0 Å². The number of hydrogen-bond acceptors (Lipinski definition) is 1. The van der Waals surface area contributed by atoms with Gasteiger partial charge >= 0.3 is 0 Å². The first-order valence-corrected chi connectivity index (χ1v) is 5.02. The molecule has 0 N–H and O–H groups in total. The predicted molar refractivity (Wildman–Crippen MR) is 55.9 cm³/mol. The molecule has 1 rings (SSSR count). The van der Waals surface area contributed by atoms with Gasteiger partial charge in [0.15, 0.2) is 0 Å². The monoisotopic (exact) mass is 198 g/mol. The third-order valence-electron chi connectivity index (χ3n) is 1.83. The second-order valence-corrected chi connectivity index (χ2v) is 3.53. The number of ether oxygens (including phenoxy) is 1. The Morgan fingerprint density at radius 1 is 1.23 bits per heavy atom. The van der Waals surface area contributed by atoms with Crippen LogP contribution in [0.4, 0.5) is 0 Å². The van der Waals surface area contributed by atoms with Crippen molar-refractivity contribution in [3.05, 3.63) is 35.4 Å². The van der Waals surface area contributed by atoms with Gasteiger partial charge in [0.25, 0.3) is 0 Å². The minimum atomic E-state index is 0.267. The van der Waals surface area contributed by atoms with E-state index in [1.54, 1.807) is 0 Å². The molecule has 13 heavy (non-hydrogen) atoms. The van der Waals surface area contributed by atoms with E-state index in [9.17, 15) is 0 Å². The van der Waals surface area contributed by atoms with Gasteiger partial charge in [0.1, 0.15) is 0 Å². The normalized spacial score (nSPS) is 10.8. The van der Waals surface area contributed by atoms with Crippen LogP contribution in [0.2, 0.25) is 0 Å². The topological polar surface area (TPSA) is 9.23 Å². The molecule has 1 nitrogen and oxygen atoms in total. The van der Waals surface area contributed by atoms with E-state index in [4.69, 9.17) is 16.3 Å². The van der Waals surface area contributed by atoms with Gasteiger partial charge in [0, 0.05) is 5.88 Å². The zero-order valence-electron chi connectivity index (χ0n) is 8.09. The summed E-state index contributed by atoms with van der Waals surface area (Å²) in [5.41, 5.74) is 2.34. The summed E-state index contributed by atoms with van der Waals surface area (Å²) in [5.74, 6) is 0.553. The minimum absolute atomic E-state index is 0.267. The summed E-state index contributed by atoms with van der Waals surface area (Å²) in [6.07, 6.45) is 0.267. The number of hydrogen-bond donors (Lipinski definition) is 0. The lowest BCUT2D eigenvalue weighted by Gasteiger charge is -2.10. The van der Waals surface area contributed by atoms with Crippen molar-refractivity contribution < 1.29 is 4.74 Å². The third-order valence-corrected chi connectivity index (χ3v) is 2.12. The average Bonchev–Trinajstić information content (AvgIpc) is 2.15. The maximum absolute atomic E-state index is 5.79. The van der Waals surface area contributed by atoms with E-state index in [2.05, 4.69) is 6.07 Å². The van der Waals surface area contributed by atoms with Crippen molar-refractivity contribution in [1.82, 2.24) is 0 Å². The molecule has 0 saturated carbocycles. The van der Waals surface area contributed by atoms with Gasteiger partial charge in [-0.2, -0.15) is 0 Å². The van der Waals surface area contributed by atoms with E-state index in [0.29, 0.717) is 12.5 Å². The molecule has 1 aromatic rings. The smallest absolute Gasteiger partial charge is 0.0723 e. The van der Waals surface area contributed by atoms with Crippen molar-refractivity contribution in [3.8, 4) is 0 Å². The number of rotatable bonds is 4. The molecule has 0 radical (unpaired) electrons. The molecule has 0 spiro atoms. The fourth-order valence-electron chi connectivity index (χ4n) is 1.09. The van der Waals surface area contributed by atoms with Crippen molar-refractivity contribution >= 4 is 11.6 Å². The maximum atomic E-state index is 5.79. The largest absolute Gasteiger partial charge is 0.374 e. The highest BCUT2D eigenvalue weighted by molar-refractivity contribution is 6.17. The highest BCUT2D eigenvalue weighted by Crippen LogP contribution is 2.13. The highest BCUT2D eigenvalue weighted by atomic mass is 35.5. The molecule has 0 heterocycles. The van der Waals surface area contributed by atoms with Crippen LogP contribution in [-0.2, 0) is 17.2 Å². The summed E-state index contributed by atoms with van der Waals surface area (Å²) in [4.78, 5) is 0. The van der Waals surface area contributed by atoms with Gasteiger partial charge in [-0.15, -0.1) is 11.6 Å². The molecule has 0 fully saturated rings. The highest BCUT2D eigenvalue weighted by Gasteiger charge is 2.01. The fraction of sp³-hybridized carbons (Fsp3) is 0.455. The molecule has 0 unspecified atom stereocenters. The number of benzene rings is 1. The van der Waals surface area contributed by atoms with Crippen LogP contribution in [0, 0.1) is 0 Å².